The molecule has 1 aromatic heterocycles. The lowest BCUT2D eigenvalue weighted by molar-refractivity contribution is -0.112. The van der Waals surface area contributed by atoms with Gasteiger partial charge in [-0.25, -0.2) is 0 Å². The van der Waals surface area contributed by atoms with Crippen LogP contribution < -0.4 is 11.1 Å². The van der Waals surface area contributed by atoms with Gasteiger partial charge in [-0.15, -0.1) is 11.3 Å². The van der Waals surface area contributed by atoms with Crippen molar-refractivity contribution in [1.29, 1.82) is 0 Å². The van der Waals surface area contributed by atoms with Crippen LogP contribution in [0, 0.1) is 0 Å². The molecule has 0 fully saturated rings. The van der Waals surface area contributed by atoms with E-state index in [1.54, 1.807) is 25.3 Å². The highest BCUT2D eigenvalue weighted by atomic mass is 32.1. The van der Waals surface area contributed by atoms with E-state index in [0.717, 1.165) is 37.0 Å². The van der Waals surface area contributed by atoms with E-state index in [1.807, 2.05) is 6.08 Å². The van der Waals surface area contributed by atoms with E-state index in [4.69, 9.17) is 10.5 Å². The SMILES string of the molecule is COC1=CCC(C(=O)Nc2sc3c(c2C(N)=O)CCCC3)=CC=C1. The normalized spacial score (nSPS) is 16.5. The molecule has 0 radical (unpaired) electrons. The van der Waals surface area contributed by atoms with Crippen LogP contribution in [0.1, 0.15) is 40.1 Å². The second-order valence-corrected chi connectivity index (χ2v) is 6.90. The van der Waals surface area contributed by atoms with E-state index in [-0.39, 0.29) is 5.91 Å². The van der Waals surface area contributed by atoms with Gasteiger partial charge in [0.1, 0.15) is 10.8 Å². The van der Waals surface area contributed by atoms with Crippen molar-refractivity contribution in [2.75, 3.05) is 12.4 Å². The summed E-state index contributed by atoms with van der Waals surface area (Å²) < 4.78 is 5.17. The fourth-order valence-electron chi connectivity index (χ4n) is 3.02. The van der Waals surface area contributed by atoms with Gasteiger partial charge in [0.2, 0.25) is 0 Å². The van der Waals surface area contributed by atoms with Crippen molar-refractivity contribution in [3.63, 3.8) is 0 Å². The molecule has 2 amide bonds. The van der Waals surface area contributed by atoms with Crippen molar-refractivity contribution in [1.82, 2.24) is 0 Å². The van der Waals surface area contributed by atoms with E-state index in [2.05, 4.69) is 5.32 Å². The lowest BCUT2D eigenvalue weighted by Gasteiger charge is -2.11. The topological polar surface area (TPSA) is 81.4 Å². The first-order valence-corrected chi connectivity index (χ1v) is 8.79. The maximum atomic E-state index is 12.6. The molecule has 3 rings (SSSR count). The number of ether oxygens (including phenoxy) is 1. The number of methoxy groups -OCH3 is 1. The van der Waals surface area contributed by atoms with Crippen molar-refractivity contribution in [2.45, 2.75) is 32.1 Å². The zero-order chi connectivity index (χ0) is 17.1. The van der Waals surface area contributed by atoms with Crippen molar-refractivity contribution in [3.8, 4) is 0 Å². The lowest BCUT2D eigenvalue weighted by atomic mass is 9.95. The number of nitrogens with two attached hydrogens (primary N) is 1. The first-order valence-electron chi connectivity index (χ1n) is 7.97. The Bertz CT molecular complexity index is 771. The second kappa shape index (κ2) is 7.05. The molecule has 2 aliphatic carbocycles. The molecule has 126 valence electrons. The van der Waals surface area contributed by atoms with Crippen molar-refractivity contribution < 1.29 is 14.3 Å². The lowest BCUT2D eigenvalue weighted by Crippen LogP contribution is -2.19. The molecular weight excluding hydrogens is 324 g/mol. The zero-order valence-electron chi connectivity index (χ0n) is 13.6. The van der Waals surface area contributed by atoms with Crippen LogP contribution in [-0.2, 0) is 22.4 Å². The van der Waals surface area contributed by atoms with Crippen LogP contribution in [0.3, 0.4) is 0 Å². The van der Waals surface area contributed by atoms with E-state index in [9.17, 15) is 9.59 Å². The number of primary amides is 1. The number of hydrogen-bond donors (Lipinski definition) is 2. The molecule has 1 aromatic rings. The van der Waals surface area contributed by atoms with Gasteiger partial charge >= 0.3 is 0 Å². The number of carbonyl (C=O) groups is 2. The predicted molar refractivity (Wildman–Crippen MR) is 95.0 cm³/mol. The highest BCUT2D eigenvalue weighted by Gasteiger charge is 2.25. The Morgan fingerprint density at radius 2 is 2.08 bits per heavy atom. The molecule has 24 heavy (non-hydrogen) atoms. The van der Waals surface area contributed by atoms with Gasteiger partial charge in [-0.05, 0) is 49.8 Å². The fraction of sp³-hybridized carbons (Fsp3) is 0.333. The minimum absolute atomic E-state index is 0.214. The molecule has 0 unspecified atom stereocenters. The van der Waals surface area contributed by atoms with Crippen LogP contribution in [0.5, 0.6) is 0 Å². The van der Waals surface area contributed by atoms with Crippen LogP contribution >= 0.6 is 11.3 Å². The average molecular weight is 344 g/mol. The van der Waals surface area contributed by atoms with Gasteiger partial charge in [0, 0.05) is 10.5 Å². The molecule has 5 nitrogen and oxygen atoms in total. The van der Waals surface area contributed by atoms with E-state index >= 15 is 0 Å². The summed E-state index contributed by atoms with van der Waals surface area (Å²) in [4.78, 5) is 25.6. The van der Waals surface area contributed by atoms with Crippen molar-refractivity contribution in [2.24, 2.45) is 5.73 Å². The standard InChI is InChI=1S/C18H20N2O3S/c1-23-12-6-4-5-11(9-10-12)17(22)20-18-15(16(19)21)13-7-2-3-8-14(13)24-18/h4-6,10H,2-3,7-9H2,1H3,(H2,19,21)(H,20,22). The van der Waals surface area contributed by atoms with Gasteiger partial charge < -0.3 is 15.8 Å². The summed E-state index contributed by atoms with van der Waals surface area (Å²) in [6.07, 6.45) is 11.6. The van der Waals surface area contributed by atoms with Gasteiger partial charge in [0.05, 0.1) is 12.7 Å². The summed E-state index contributed by atoms with van der Waals surface area (Å²) in [6.45, 7) is 0. The molecule has 2 aliphatic rings. The Hall–Kier alpha value is -2.34. The number of fused-ring (bicyclic) bond motifs is 1. The van der Waals surface area contributed by atoms with Gasteiger partial charge in [-0.2, -0.15) is 0 Å². The summed E-state index contributed by atoms with van der Waals surface area (Å²) >= 11 is 1.47. The number of allylic oxidation sites excluding steroid dienone is 4. The Labute approximate surface area is 144 Å². The molecule has 0 saturated heterocycles. The molecule has 0 saturated carbocycles. The molecule has 0 aromatic carbocycles. The third-order valence-electron chi connectivity index (χ3n) is 4.25. The molecule has 3 N–H and O–H groups in total. The monoisotopic (exact) mass is 344 g/mol. The Balaban J connectivity index is 1.84. The highest BCUT2D eigenvalue weighted by molar-refractivity contribution is 7.17. The van der Waals surface area contributed by atoms with E-state index < -0.39 is 5.91 Å². The number of hydrogen-bond acceptors (Lipinski definition) is 4. The molecular formula is C18H20N2O3S. The summed E-state index contributed by atoms with van der Waals surface area (Å²) in [5, 5.41) is 3.46. The fourth-order valence-corrected chi connectivity index (χ4v) is 4.31. The smallest absolute Gasteiger partial charge is 0.252 e. The molecule has 1 heterocycles. The van der Waals surface area contributed by atoms with Gasteiger partial charge in [0.15, 0.2) is 0 Å². The number of carbonyl (C=O) groups excluding carboxylic acids is 2. The van der Waals surface area contributed by atoms with Crippen LogP contribution in [0.4, 0.5) is 5.00 Å². The second-order valence-electron chi connectivity index (χ2n) is 5.80. The maximum absolute atomic E-state index is 12.6. The highest BCUT2D eigenvalue weighted by Crippen LogP contribution is 2.38. The molecule has 0 atom stereocenters. The summed E-state index contributed by atoms with van der Waals surface area (Å²) in [5.74, 6) is 0.0359. The third kappa shape index (κ3) is 3.28. The van der Waals surface area contributed by atoms with Crippen molar-refractivity contribution in [3.05, 3.63) is 51.6 Å². The first-order chi connectivity index (χ1) is 11.6. The van der Waals surface area contributed by atoms with Crippen LogP contribution in [0.25, 0.3) is 0 Å². The largest absolute Gasteiger partial charge is 0.497 e. The number of aryl methyl sites for hydroxylation is 1. The number of rotatable bonds is 4. The Morgan fingerprint density at radius 3 is 2.83 bits per heavy atom. The quantitative estimate of drug-likeness (QED) is 0.881. The number of amides is 2. The minimum Gasteiger partial charge on any atom is -0.497 e. The molecule has 0 aliphatic heterocycles. The Morgan fingerprint density at radius 1 is 1.29 bits per heavy atom. The molecule has 0 bridgehead atoms. The minimum atomic E-state index is -0.471. The summed E-state index contributed by atoms with van der Waals surface area (Å²) in [6, 6.07) is 0. The molecule has 6 heteroatoms. The van der Waals surface area contributed by atoms with Crippen LogP contribution in [0.15, 0.2) is 35.6 Å². The summed E-state index contributed by atoms with van der Waals surface area (Å²) in [7, 11) is 1.59. The third-order valence-corrected chi connectivity index (χ3v) is 5.46. The van der Waals surface area contributed by atoms with Gasteiger partial charge in [-0.3, -0.25) is 9.59 Å². The Kier molecular flexibility index (Phi) is 4.85. The van der Waals surface area contributed by atoms with E-state index in [1.165, 1.54) is 16.2 Å². The number of anilines is 1. The van der Waals surface area contributed by atoms with Crippen LogP contribution in [0.2, 0.25) is 0 Å². The molecule has 0 spiro atoms. The number of nitrogens with one attached hydrogen (secondary N) is 1. The van der Waals surface area contributed by atoms with Crippen molar-refractivity contribution >= 4 is 28.2 Å². The van der Waals surface area contributed by atoms with Gasteiger partial charge in [0.25, 0.3) is 11.8 Å². The predicted octanol–water partition coefficient (Wildman–Crippen LogP) is 3.08. The maximum Gasteiger partial charge on any atom is 0.252 e. The summed E-state index contributed by atoms with van der Waals surface area (Å²) in [5.41, 5.74) is 7.68. The first kappa shape index (κ1) is 16.5. The number of thiophene rings is 1. The average Bonchev–Trinajstić information content (AvgIpc) is 2.76. The zero-order valence-corrected chi connectivity index (χ0v) is 14.4. The van der Waals surface area contributed by atoms with E-state index in [0.29, 0.717) is 22.6 Å². The van der Waals surface area contributed by atoms with Gasteiger partial charge in [-0.1, -0.05) is 12.2 Å². The van der Waals surface area contributed by atoms with Crippen LogP contribution in [-0.4, -0.2) is 18.9 Å².